The van der Waals surface area contributed by atoms with Crippen molar-refractivity contribution in [2.24, 2.45) is 23.2 Å². The van der Waals surface area contributed by atoms with Gasteiger partial charge in [0.05, 0.1) is 19.5 Å². The standard InChI is InChI=1S/C28H38FN5O7/c1-3-37-26(36)40-19-10-20(34-15-31-21-22(30)32-24(29)33-23(21)34)41-27(19,2)14-39-25(35)38-6-4-5-28-11-16-7-17(12-28)9-18(8-16)13-28/h15-20H,3-14H2,1-2H3,(H2,30,32,33)/t16?,17?,18?,19-,20+,27+,28?/m0/s1. The number of nitrogens with two attached hydrogens (primary N) is 1. The van der Waals surface area contributed by atoms with Crippen LogP contribution in [0.5, 0.6) is 0 Å². The molecule has 5 aliphatic rings. The van der Waals surface area contributed by atoms with E-state index in [1.54, 1.807) is 13.8 Å². The predicted molar refractivity (Wildman–Crippen MR) is 142 cm³/mol. The number of rotatable bonds is 9. The maximum Gasteiger partial charge on any atom is 0.508 e. The van der Waals surface area contributed by atoms with E-state index in [1.807, 2.05) is 0 Å². The minimum Gasteiger partial charge on any atom is -0.435 e. The minimum atomic E-state index is -1.26. The normalized spacial score (nSPS) is 33.7. The van der Waals surface area contributed by atoms with Gasteiger partial charge in [-0.3, -0.25) is 4.57 Å². The molecule has 13 heteroatoms. The van der Waals surface area contributed by atoms with Gasteiger partial charge in [0.15, 0.2) is 17.0 Å². The van der Waals surface area contributed by atoms with Crippen LogP contribution >= 0.6 is 0 Å². The molecule has 4 bridgehead atoms. The Morgan fingerprint density at radius 2 is 1.78 bits per heavy atom. The van der Waals surface area contributed by atoms with E-state index in [9.17, 15) is 14.0 Å². The number of ether oxygens (including phenoxy) is 5. The Hall–Kier alpha value is -3.22. The number of hydrogen-bond donors (Lipinski definition) is 1. The molecule has 4 aliphatic carbocycles. The van der Waals surface area contributed by atoms with E-state index in [-0.39, 0.29) is 43.2 Å². The summed E-state index contributed by atoms with van der Waals surface area (Å²) in [6, 6.07) is 0. The molecule has 1 saturated heterocycles. The van der Waals surface area contributed by atoms with E-state index in [0.29, 0.717) is 5.41 Å². The van der Waals surface area contributed by atoms with Crippen LogP contribution in [-0.2, 0) is 23.7 Å². The van der Waals surface area contributed by atoms with Gasteiger partial charge in [-0.1, -0.05) is 0 Å². The summed E-state index contributed by atoms with van der Waals surface area (Å²) >= 11 is 0. The average Bonchev–Trinajstić information content (AvgIpc) is 3.46. The Bertz CT molecular complexity index is 1270. The van der Waals surface area contributed by atoms with Crippen LogP contribution in [-0.4, -0.2) is 63.4 Å². The second-order valence-corrected chi connectivity index (χ2v) is 12.5. The van der Waals surface area contributed by atoms with Crippen molar-refractivity contribution in [3.63, 3.8) is 0 Å². The smallest absolute Gasteiger partial charge is 0.435 e. The zero-order chi connectivity index (χ0) is 28.8. The zero-order valence-corrected chi connectivity index (χ0v) is 23.6. The molecular weight excluding hydrogens is 537 g/mol. The van der Waals surface area contributed by atoms with Crippen molar-refractivity contribution in [1.29, 1.82) is 0 Å². The Labute approximate surface area is 237 Å². The molecule has 224 valence electrons. The summed E-state index contributed by atoms with van der Waals surface area (Å²) < 4.78 is 42.9. The number of hydrogen-bond acceptors (Lipinski definition) is 11. The summed E-state index contributed by atoms with van der Waals surface area (Å²) in [7, 11) is 0. The fourth-order valence-electron chi connectivity index (χ4n) is 8.17. The number of aromatic nitrogens is 4. The molecule has 3 heterocycles. The Kier molecular flexibility index (Phi) is 7.41. The molecule has 12 nitrogen and oxygen atoms in total. The molecule has 3 atom stereocenters. The molecule has 2 aromatic rings. The Morgan fingerprint density at radius 1 is 1.07 bits per heavy atom. The molecule has 1 aliphatic heterocycles. The second kappa shape index (κ2) is 10.9. The highest BCUT2D eigenvalue weighted by molar-refractivity contribution is 5.81. The first kappa shape index (κ1) is 27.9. The van der Waals surface area contributed by atoms with Crippen molar-refractivity contribution in [1.82, 2.24) is 19.5 Å². The van der Waals surface area contributed by atoms with Crippen molar-refractivity contribution < 1.29 is 37.7 Å². The summed E-state index contributed by atoms with van der Waals surface area (Å²) in [5.74, 6) is 2.55. The predicted octanol–water partition coefficient (Wildman–Crippen LogP) is 4.92. The van der Waals surface area contributed by atoms with Crippen LogP contribution in [0.4, 0.5) is 19.8 Å². The van der Waals surface area contributed by atoms with Gasteiger partial charge in [0, 0.05) is 6.42 Å². The van der Waals surface area contributed by atoms with Crippen LogP contribution in [0.25, 0.3) is 11.2 Å². The first-order valence-corrected chi connectivity index (χ1v) is 14.6. The van der Waals surface area contributed by atoms with Gasteiger partial charge < -0.3 is 29.4 Å². The lowest BCUT2D eigenvalue weighted by atomic mass is 9.48. The van der Waals surface area contributed by atoms with Crippen molar-refractivity contribution >= 4 is 29.3 Å². The van der Waals surface area contributed by atoms with Crippen molar-refractivity contribution in [3.05, 3.63) is 12.4 Å². The highest BCUT2D eigenvalue weighted by atomic mass is 19.1. The first-order valence-electron chi connectivity index (χ1n) is 14.6. The Balaban J connectivity index is 1.06. The van der Waals surface area contributed by atoms with Gasteiger partial charge in [-0.05, 0) is 88.4 Å². The maximum absolute atomic E-state index is 13.9. The molecular formula is C28H38FN5O7. The van der Waals surface area contributed by atoms with Crippen LogP contribution in [0.15, 0.2) is 6.33 Å². The minimum absolute atomic E-state index is 0.111. The SMILES string of the molecule is CCOC(=O)O[C@H]1C[C@H](n2cnc3c(N)nc(F)nc32)O[C@]1(C)COC(=O)OCCCC12CC3CC(CC(C3)C1)C2. The van der Waals surface area contributed by atoms with Gasteiger partial charge >= 0.3 is 18.4 Å². The van der Waals surface area contributed by atoms with Gasteiger partial charge in [0.2, 0.25) is 0 Å². The van der Waals surface area contributed by atoms with Crippen molar-refractivity contribution in [2.75, 3.05) is 25.6 Å². The fraction of sp³-hybridized carbons (Fsp3) is 0.750. The number of anilines is 1. The van der Waals surface area contributed by atoms with Gasteiger partial charge in [-0.2, -0.15) is 14.4 Å². The van der Waals surface area contributed by atoms with E-state index >= 15 is 0 Å². The first-order chi connectivity index (χ1) is 19.6. The third-order valence-corrected chi connectivity index (χ3v) is 9.45. The lowest BCUT2D eigenvalue weighted by molar-refractivity contribution is -0.127. The van der Waals surface area contributed by atoms with Crippen molar-refractivity contribution in [2.45, 2.75) is 89.6 Å². The second-order valence-electron chi connectivity index (χ2n) is 12.5. The third-order valence-electron chi connectivity index (χ3n) is 9.45. The molecule has 0 unspecified atom stereocenters. The molecule has 7 rings (SSSR count). The lowest BCUT2D eigenvalue weighted by Gasteiger charge is -2.57. The number of nitrogens with zero attached hydrogens (tertiary/aromatic N) is 4. The molecule has 0 spiro atoms. The number of imidazole rings is 1. The van der Waals surface area contributed by atoms with E-state index in [0.717, 1.165) is 30.6 Å². The number of carbonyl (C=O) groups is 2. The van der Waals surface area contributed by atoms with Gasteiger partial charge in [-0.25, -0.2) is 14.6 Å². The van der Waals surface area contributed by atoms with E-state index < -0.39 is 36.3 Å². The summed E-state index contributed by atoms with van der Waals surface area (Å²) in [6.45, 7) is 3.48. The van der Waals surface area contributed by atoms with Gasteiger partial charge in [-0.15, -0.1) is 0 Å². The summed E-state index contributed by atoms with van der Waals surface area (Å²) in [6.07, 6.45) is 7.24. The molecule has 0 amide bonds. The Morgan fingerprint density at radius 3 is 2.46 bits per heavy atom. The van der Waals surface area contributed by atoms with Gasteiger partial charge in [0.25, 0.3) is 0 Å². The summed E-state index contributed by atoms with van der Waals surface area (Å²) in [4.78, 5) is 36.2. The highest BCUT2D eigenvalue weighted by Crippen LogP contribution is 2.61. The van der Waals surface area contributed by atoms with E-state index in [4.69, 9.17) is 29.4 Å². The van der Waals surface area contributed by atoms with Crippen LogP contribution in [0.3, 0.4) is 0 Å². The largest absolute Gasteiger partial charge is 0.508 e. The summed E-state index contributed by atoms with van der Waals surface area (Å²) in [5.41, 5.74) is 5.29. The highest BCUT2D eigenvalue weighted by Gasteiger charge is 2.51. The zero-order valence-electron chi connectivity index (χ0n) is 23.6. The quantitative estimate of drug-likeness (QED) is 0.247. The molecule has 0 radical (unpaired) electrons. The van der Waals surface area contributed by atoms with Gasteiger partial charge in [0.1, 0.15) is 24.5 Å². The maximum atomic E-state index is 13.9. The molecule has 5 fully saturated rings. The van der Waals surface area contributed by atoms with Crippen molar-refractivity contribution in [3.8, 4) is 0 Å². The van der Waals surface area contributed by atoms with E-state index in [2.05, 4.69) is 15.0 Å². The summed E-state index contributed by atoms with van der Waals surface area (Å²) in [5, 5.41) is 0. The number of carbonyl (C=O) groups excluding carboxylic acids is 2. The lowest BCUT2D eigenvalue weighted by Crippen LogP contribution is -2.46. The number of halogens is 1. The monoisotopic (exact) mass is 575 g/mol. The average molecular weight is 576 g/mol. The number of fused-ring (bicyclic) bond motifs is 1. The third kappa shape index (κ3) is 5.64. The van der Waals surface area contributed by atoms with Crippen LogP contribution in [0.1, 0.15) is 77.9 Å². The molecule has 2 aromatic heterocycles. The molecule has 2 N–H and O–H groups in total. The van der Waals surface area contributed by atoms with Crippen LogP contribution in [0, 0.1) is 29.2 Å². The number of nitrogen functional groups attached to an aromatic ring is 1. The van der Waals surface area contributed by atoms with Crippen LogP contribution in [0.2, 0.25) is 0 Å². The topological polar surface area (TPSA) is 150 Å². The molecule has 4 saturated carbocycles. The van der Waals surface area contributed by atoms with E-state index in [1.165, 1.54) is 49.4 Å². The molecule has 0 aromatic carbocycles. The fourth-order valence-corrected chi connectivity index (χ4v) is 8.17. The van der Waals surface area contributed by atoms with Crippen LogP contribution < -0.4 is 5.73 Å². The molecule has 41 heavy (non-hydrogen) atoms.